The van der Waals surface area contributed by atoms with Crippen molar-refractivity contribution in [3.05, 3.63) is 17.8 Å². The highest BCUT2D eigenvalue weighted by Crippen LogP contribution is 2.30. The summed E-state index contributed by atoms with van der Waals surface area (Å²) in [6.45, 7) is 3.09. The molecule has 0 saturated heterocycles. The van der Waals surface area contributed by atoms with Crippen LogP contribution in [0.15, 0.2) is 12.1 Å². The summed E-state index contributed by atoms with van der Waals surface area (Å²) < 4.78 is 5.67. The summed E-state index contributed by atoms with van der Waals surface area (Å²) in [4.78, 5) is 6.44. The highest BCUT2D eigenvalue weighted by Gasteiger charge is 2.24. The maximum absolute atomic E-state index is 8.63. The molecule has 0 spiro atoms. The largest absolute Gasteiger partial charge is 0.483 e. The molecule has 1 unspecified atom stereocenters. The number of hydroxylamine groups is 1. The number of hydrogen-bond donors (Lipinski definition) is 2. The number of hydrogen-bond acceptors (Lipinski definition) is 5. The Morgan fingerprint density at radius 1 is 1.67 bits per heavy atom. The van der Waals surface area contributed by atoms with Crippen LogP contribution in [0, 0.1) is 6.92 Å². The molecule has 1 aromatic rings. The summed E-state index contributed by atoms with van der Waals surface area (Å²) in [5.74, 6) is 1.64. The molecule has 0 radical (unpaired) electrons. The van der Waals surface area contributed by atoms with Crippen LogP contribution in [-0.2, 0) is 0 Å². The Morgan fingerprint density at radius 3 is 3.20 bits per heavy atom. The van der Waals surface area contributed by atoms with Gasteiger partial charge in [0.05, 0.1) is 13.1 Å². The summed E-state index contributed by atoms with van der Waals surface area (Å²) in [7, 11) is 1.97. The predicted molar refractivity (Wildman–Crippen MR) is 56.4 cm³/mol. The van der Waals surface area contributed by atoms with E-state index in [9.17, 15) is 0 Å². The molecule has 0 bridgehead atoms. The van der Waals surface area contributed by atoms with Gasteiger partial charge in [-0.25, -0.2) is 10.5 Å². The minimum atomic E-state index is -0.0444. The van der Waals surface area contributed by atoms with Crippen LogP contribution >= 0.6 is 0 Å². The van der Waals surface area contributed by atoms with Gasteiger partial charge in [0.25, 0.3) is 0 Å². The lowest BCUT2D eigenvalue weighted by Crippen LogP contribution is -2.43. The average molecular weight is 209 g/mol. The second-order valence-corrected chi connectivity index (χ2v) is 3.76. The Bertz CT molecular complexity index is 357. The Labute approximate surface area is 88.6 Å². The van der Waals surface area contributed by atoms with Gasteiger partial charge in [0.2, 0.25) is 0 Å². The minimum absolute atomic E-state index is 0.0444. The van der Waals surface area contributed by atoms with Gasteiger partial charge in [0.15, 0.2) is 11.6 Å². The normalized spacial score (nSPS) is 19.7. The van der Waals surface area contributed by atoms with Crippen molar-refractivity contribution in [2.24, 2.45) is 0 Å². The molecule has 82 valence electrons. The van der Waals surface area contributed by atoms with E-state index in [0.29, 0.717) is 6.54 Å². The first-order valence-corrected chi connectivity index (χ1v) is 4.93. The van der Waals surface area contributed by atoms with E-state index in [-0.39, 0.29) is 6.10 Å². The molecule has 2 N–H and O–H groups in total. The number of likely N-dealkylation sites (N-methyl/N-ethyl adjacent to an activating group) is 1. The van der Waals surface area contributed by atoms with Gasteiger partial charge in [-0.2, -0.15) is 0 Å². The standard InChI is InChI=1S/C10H15N3O2/c1-7-3-4-9-10(12-7)13(2)6-8(15-9)5-11-14/h3-4,8,11,14H,5-6H2,1-2H3. The fourth-order valence-corrected chi connectivity index (χ4v) is 1.71. The van der Waals surface area contributed by atoms with Crippen molar-refractivity contribution in [3.63, 3.8) is 0 Å². The lowest BCUT2D eigenvalue weighted by atomic mass is 10.2. The zero-order valence-electron chi connectivity index (χ0n) is 8.90. The van der Waals surface area contributed by atoms with Crippen molar-refractivity contribution in [1.29, 1.82) is 0 Å². The second-order valence-electron chi connectivity index (χ2n) is 3.76. The average Bonchev–Trinajstić information content (AvgIpc) is 2.20. The van der Waals surface area contributed by atoms with E-state index in [4.69, 9.17) is 9.94 Å². The van der Waals surface area contributed by atoms with Gasteiger partial charge < -0.3 is 14.8 Å². The zero-order chi connectivity index (χ0) is 10.8. The molecule has 2 heterocycles. The molecule has 0 saturated carbocycles. The SMILES string of the molecule is Cc1ccc2c(n1)N(C)CC(CNO)O2. The van der Waals surface area contributed by atoms with Crippen LogP contribution in [0.4, 0.5) is 5.82 Å². The van der Waals surface area contributed by atoms with Gasteiger partial charge in [-0.3, -0.25) is 0 Å². The number of anilines is 1. The van der Waals surface area contributed by atoms with Crippen molar-refractivity contribution in [2.75, 3.05) is 25.0 Å². The molecule has 5 heteroatoms. The van der Waals surface area contributed by atoms with Crippen molar-refractivity contribution < 1.29 is 9.94 Å². The molecule has 1 aliphatic rings. The smallest absolute Gasteiger partial charge is 0.171 e. The van der Waals surface area contributed by atoms with Crippen LogP contribution in [0.3, 0.4) is 0 Å². The second kappa shape index (κ2) is 4.04. The molecule has 0 aromatic carbocycles. The number of fused-ring (bicyclic) bond motifs is 1. The number of aromatic nitrogens is 1. The first kappa shape index (κ1) is 10.2. The number of rotatable bonds is 2. The van der Waals surface area contributed by atoms with Crippen molar-refractivity contribution >= 4 is 5.82 Å². The van der Waals surface area contributed by atoms with E-state index in [1.54, 1.807) is 0 Å². The molecule has 1 atom stereocenters. The highest BCUT2D eigenvalue weighted by molar-refractivity contribution is 5.54. The van der Waals surface area contributed by atoms with E-state index in [2.05, 4.69) is 10.5 Å². The maximum Gasteiger partial charge on any atom is 0.171 e. The monoisotopic (exact) mass is 209 g/mol. The van der Waals surface area contributed by atoms with Gasteiger partial charge in [0.1, 0.15) is 6.10 Å². The third kappa shape index (κ3) is 2.03. The Kier molecular flexibility index (Phi) is 2.75. The lowest BCUT2D eigenvalue weighted by Gasteiger charge is -2.32. The molecule has 5 nitrogen and oxygen atoms in total. The van der Waals surface area contributed by atoms with Crippen LogP contribution in [0.5, 0.6) is 5.75 Å². The van der Waals surface area contributed by atoms with Crippen LogP contribution in [0.25, 0.3) is 0 Å². The Morgan fingerprint density at radius 2 is 2.47 bits per heavy atom. The van der Waals surface area contributed by atoms with E-state index in [0.717, 1.165) is 23.8 Å². The van der Waals surface area contributed by atoms with Gasteiger partial charge in [-0.15, -0.1) is 0 Å². The van der Waals surface area contributed by atoms with E-state index in [1.807, 2.05) is 31.0 Å². The molecule has 15 heavy (non-hydrogen) atoms. The van der Waals surface area contributed by atoms with Crippen LogP contribution < -0.4 is 15.1 Å². The van der Waals surface area contributed by atoms with Gasteiger partial charge in [0, 0.05) is 12.7 Å². The molecule has 2 rings (SSSR count). The molecule has 1 aliphatic heterocycles. The third-order valence-electron chi connectivity index (χ3n) is 2.43. The molecule has 1 aromatic heterocycles. The number of nitrogens with zero attached hydrogens (tertiary/aromatic N) is 2. The maximum atomic E-state index is 8.63. The Balaban J connectivity index is 2.24. The highest BCUT2D eigenvalue weighted by atomic mass is 16.5. The molecule has 0 amide bonds. The van der Waals surface area contributed by atoms with E-state index < -0.39 is 0 Å². The Hall–Kier alpha value is -1.33. The third-order valence-corrected chi connectivity index (χ3v) is 2.43. The number of pyridine rings is 1. The van der Waals surface area contributed by atoms with Crippen molar-refractivity contribution in [2.45, 2.75) is 13.0 Å². The number of nitrogens with one attached hydrogen (secondary N) is 1. The van der Waals surface area contributed by atoms with Crippen LogP contribution in [-0.4, -0.2) is 36.4 Å². The van der Waals surface area contributed by atoms with Gasteiger partial charge >= 0.3 is 0 Å². The van der Waals surface area contributed by atoms with Crippen LogP contribution in [0.1, 0.15) is 5.69 Å². The van der Waals surface area contributed by atoms with Crippen LogP contribution in [0.2, 0.25) is 0 Å². The van der Waals surface area contributed by atoms with Crippen molar-refractivity contribution in [3.8, 4) is 5.75 Å². The number of ether oxygens (including phenoxy) is 1. The summed E-state index contributed by atoms with van der Waals surface area (Å²) in [5, 5.41) is 8.63. The van der Waals surface area contributed by atoms with E-state index in [1.165, 1.54) is 0 Å². The summed E-state index contributed by atoms with van der Waals surface area (Å²) in [6, 6.07) is 3.83. The molecular formula is C10H15N3O2. The summed E-state index contributed by atoms with van der Waals surface area (Å²) in [5.41, 5.74) is 3.10. The first-order chi connectivity index (χ1) is 7.20. The zero-order valence-corrected chi connectivity index (χ0v) is 8.90. The fourth-order valence-electron chi connectivity index (χ4n) is 1.71. The first-order valence-electron chi connectivity index (χ1n) is 4.93. The van der Waals surface area contributed by atoms with Gasteiger partial charge in [-0.1, -0.05) is 0 Å². The summed E-state index contributed by atoms with van der Waals surface area (Å²) >= 11 is 0. The number of aryl methyl sites for hydroxylation is 1. The fraction of sp³-hybridized carbons (Fsp3) is 0.500. The summed E-state index contributed by atoms with van der Waals surface area (Å²) in [6.07, 6.45) is -0.0444. The predicted octanol–water partition coefficient (Wildman–Crippen LogP) is 0.566. The quantitative estimate of drug-likeness (QED) is 0.697. The molecule has 0 aliphatic carbocycles. The molecular weight excluding hydrogens is 194 g/mol. The molecule has 0 fully saturated rings. The minimum Gasteiger partial charge on any atom is -0.483 e. The topological polar surface area (TPSA) is 57.6 Å². The van der Waals surface area contributed by atoms with E-state index >= 15 is 0 Å². The van der Waals surface area contributed by atoms with Gasteiger partial charge in [-0.05, 0) is 19.1 Å². The lowest BCUT2D eigenvalue weighted by molar-refractivity contribution is 0.103. The van der Waals surface area contributed by atoms with Crippen molar-refractivity contribution in [1.82, 2.24) is 10.5 Å².